The van der Waals surface area contributed by atoms with Crippen LogP contribution < -0.4 is 10.6 Å². The lowest BCUT2D eigenvalue weighted by atomic mass is 10.1. The van der Waals surface area contributed by atoms with E-state index < -0.39 is 65.0 Å². The third-order valence-corrected chi connectivity index (χ3v) is 4.99. The van der Waals surface area contributed by atoms with E-state index in [0.717, 1.165) is 4.90 Å². The molecule has 164 valence electrons. The average molecular weight is 458 g/mol. The SMILES string of the molecule is CC1CC(F)(F)CN1C(=O)c1ccccc1NC(=O)NC(=O)c1cc(F)c(F)cc1Cl. The van der Waals surface area contributed by atoms with Crippen LogP contribution >= 0.6 is 11.6 Å². The summed E-state index contributed by atoms with van der Waals surface area (Å²) in [6, 6.07) is 4.99. The maximum atomic E-state index is 13.7. The number of nitrogens with one attached hydrogen (secondary N) is 2. The molecule has 6 nitrogen and oxygen atoms in total. The molecule has 0 aliphatic carbocycles. The molecule has 0 saturated carbocycles. The lowest BCUT2D eigenvalue weighted by Crippen LogP contribution is -2.37. The van der Waals surface area contributed by atoms with Gasteiger partial charge in [-0.05, 0) is 31.2 Å². The first-order valence-corrected chi connectivity index (χ1v) is 9.41. The third kappa shape index (κ3) is 4.96. The van der Waals surface area contributed by atoms with E-state index in [0.29, 0.717) is 12.1 Å². The van der Waals surface area contributed by atoms with Crippen LogP contribution in [0.3, 0.4) is 0 Å². The lowest BCUT2D eigenvalue weighted by molar-refractivity contribution is 0.0118. The smallest absolute Gasteiger partial charge is 0.326 e. The van der Waals surface area contributed by atoms with Crippen LogP contribution in [0.5, 0.6) is 0 Å². The highest BCUT2D eigenvalue weighted by atomic mass is 35.5. The van der Waals surface area contributed by atoms with Crippen LogP contribution in [0, 0.1) is 11.6 Å². The zero-order valence-corrected chi connectivity index (χ0v) is 16.8. The van der Waals surface area contributed by atoms with Gasteiger partial charge < -0.3 is 10.2 Å². The predicted molar refractivity (Wildman–Crippen MR) is 104 cm³/mol. The van der Waals surface area contributed by atoms with Crippen LogP contribution in [-0.4, -0.2) is 41.3 Å². The van der Waals surface area contributed by atoms with E-state index >= 15 is 0 Å². The van der Waals surface area contributed by atoms with Crippen molar-refractivity contribution < 1.29 is 31.9 Å². The average Bonchev–Trinajstić information content (AvgIpc) is 2.96. The standard InChI is InChI=1S/C20H16ClF4N3O3/c1-10-8-20(24,25)9-28(10)18(30)11-4-2-3-5-16(11)26-19(31)27-17(29)12-6-14(22)15(23)7-13(12)21/h2-7,10H,8-9H2,1H3,(H2,26,27,29,31). The van der Waals surface area contributed by atoms with E-state index in [2.05, 4.69) is 5.32 Å². The van der Waals surface area contributed by atoms with Crippen molar-refractivity contribution in [1.82, 2.24) is 10.2 Å². The minimum absolute atomic E-state index is 0.0309. The fraction of sp³-hybridized carbons (Fsp3) is 0.250. The highest BCUT2D eigenvalue weighted by Crippen LogP contribution is 2.33. The van der Waals surface area contributed by atoms with E-state index in [1.54, 1.807) is 0 Å². The van der Waals surface area contributed by atoms with Crippen LogP contribution in [0.4, 0.5) is 28.0 Å². The molecule has 0 aromatic heterocycles. The summed E-state index contributed by atoms with van der Waals surface area (Å²) >= 11 is 5.71. The number of hydrogen-bond acceptors (Lipinski definition) is 3. The Hall–Kier alpha value is -3.14. The quantitative estimate of drug-likeness (QED) is 0.528. The molecule has 1 heterocycles. The zero-order valence-electron chi connectivity index (χ0n) is 16.0. The zero-order chi connectivity index (χ0) is 22.9. The normalized spacial score (nSPS) is 17.4. The molecule has 11 heteroatoms. The van der Waals surface area contributed by atoms with Gasteiger partial charge in [0.05, 0.1) is 28.4 Å². The molecule has 2 aromatic rings. The van der Waals surface area contributed by atoms with Gasteiger partial charge in [-0.2, -0.15) is 0 Å². The maximum absolute atomic E-state index is 13.7. The van der Waals surface area contributed by atoms with Crippen LogP contribution in [0.1, 0.15) is 34.1 Å². The molecule has 3 rings (SSSR count). The monoisotopic (exact) mass is 457 g/mol. The van der Waals surface area contributed by atoms with Crippen LogP contribution in [0.2, 0.25) is 5.02 Å². The van der Waals surface area contributed by atoms with Gasteiger partial charge in [-0.1, -0.05) is 23.7 Å². The molecule has 1 fully saturated rings. The number of likely N-dealkylation sites (tertiary alicyclic amines) is 1. The molecule has 0 radical (unpaired) electrons. The van der Waals surface area contributed by atoms with E-state index in [1.807, 2.05) is 5.32 Å². The number of benzene rings is 2. The Morgan fingerprint density at radius 1 is 1.10 bits per heavy atom. The number of urea groups is 1. The Bertz CT molecular complexity index is 1060. The highest BCUT2D eigenvalue weighted by Gasteiger charge is 2.45. The Morgan fingerprint density at radius 3 is 2.39 bits per heavy atom. The number of amides is 4. The summed E-state index contributed by atoms with van der Waals surface area (Å²) in [5.74, 6) is -7.43. The van der Waals surface area contributed by atoms with Gasteiger partial charge in [-0.3, -0.25) is 14.9 Å². The van der Waals surface area contributed by atoms with E-state index in [-0.39, 0.29) is 11.3 Å². The van der Waals surface area contributed by atoms with E-state index in [9.17, 15) is 31.9 Å². The number of carbonyl (C=O) groups is 3. The number of rotatable bonds is 3. The van der Waals surface area contributed by atoms with Gasteiger partial charge in [0.1, 0.15) is 0 Å². The molecule has 1 saturated heterocycles. The van der Waals surface area contributed by atoms with Crippen molar-refractivity contribution in [1.29, 1.82) is 0 Å². The molecule has 0 spiro atoms. The summed E-state index contributed by atoms with van der Waals surface area (Å²) in [5, 5.41) is 3.75. The van der Waals surface area contributed by atoms with Crippen LogP contribution in [0.25, 0.3) is 0 Å². The van der Waals surface area contributed by atoms with Gasteiger partial charge in [-0.15, -0.1) is 0 Å². The lowest BCUT2D eigenvalue weighted by Gasteiger charge is -2.22. The molecule has 4 amide bonds. The van der Waals surface area contributed by atoms with E-state index in [1.165, 1.54) is 31.2 Å². The van der Waals surface area contributed by atoms with Crippen molar-refractivity contribution in [2.24, 2.45) is 0 Å². The summed E-state index contributed by atoms with van der Waals surface area (Å²) in [6.07, 6.45) is -0.474. The van der Waals surface area contributed by atoms with Crippen molar-refractivity contribution in [3.05, 3.63) is 64.2 Å². The largest absolute Gasteiger partial charge is 0.330 e. The topological polar surface area (TPSA) is 78.5 Å². The number of para-hydroxylation sites is 1. The van der Waals surface area contributed by atoms with Gasteiger partial charge in [0, 0.05) is 12.5 Å². The summed E-state index contributed by atoms with van der Waals surface area (Å²) in [5.41, 5.74) is -0.565. The number of anilines is 1. The molecule has 1 atom stereocenters. The minimum Gasteiger partial charge on any atom is -0.330 e. The third-order valence-electron chi connectivity index (χ3n) is 4.68. The second-order valence-electron chi connectivity index (χ2n) is 7.04. The molecule has 31 heavy (non-hydrogen) atoms. The molecule has 1 unspecified atom stereocenters. The van der Waals surface area contributed by atoms with Gasteiger partial charge >= 0.3 is 6.03 Å². The number of nitrogens with zero attached hydrogens (tertiary/aromatic N) is 1. The molecular formula is C20H16ClF4N3O3. The van der Waals surface area contributed by atoms with Crippen molar-refractivity contribution >= 4 is 35.1 Å². The first kappa shape index (κ1) is 22.5. The molecular weight excluding hydrogens is 442 g/mol. The Labute approximate surface area is 179 Å². The number of imide groups is 1. The van der Waals surface area contributed by atoms with Gasteiger partial charge in [-0.25, -0.2) is 22.4 Å². The number of hydrogen-bond donors (Lipinski definition) is 2. The van der Waals surface area contributed by atoms with Gasteiger partial charge in [0.2, 0.25) is 0 Å². The van der Waals surface area contributed by atoms with Crippen molar-refractivity contribution in [3.8, 4) is 0 Å². The van der Waals surface area contributed by atoms with Crippen molar-refractivity contribution in [2.45, 2.75) is 25.3 Å². The molecule has 0 bridgehead atoms. The summed E-state index contributed by atoms with van der Waals surface area (Å²) < 4.78 is 53.8. The Kier molecular flexibility index (Phi) is 6.21. The Balaban J connectivity index is 1.75. The number of carbonyl (C=O) groups excluding carboxylic acids is 3. The molecule has 2 aromatic carbocycles. The maximum Gasteiger partial charge on any atom is 0.326 e. The van der Waals surface area contributed by atoms with Crippen molar-refractivity contribution in [3.63, 3.8) is 0 Å². The van der Waals surface area contributed by atoms with E-state index in [4.69, 9.17) is 11.6 Å². The summed E-state index contributed by atoms with van der Waals surface area (Å²) in [7, 11) is 0. The summed E-state index contributed by atoms with van der Waals surface area (Å²) in [4.78, 5) is 38.2. The fourth-order valence-corrected chi connectivity index (χ4v) is 3.47. The highest BCUT2D eigenvalue weighted by molar-refractivity contribution is 6.34. The predicted octanol–water partition coefficient (Wildman–Crippen LogP) is 4.45. The van der Waals surface area contributed by atoms with Crippen molar-refractivity contribution in [2.75, 3.05) is 11.9 Å². The second kappa shape index (κ2) is 8.54. The minimum atomic E-state index is -3.01. The Morgan fingerprint density at radius 2 is 1.74 bits per heavy atom. The van der Waals surface area contributed by atoms with Crippen LogP contribution in [-0.2, 0) is 0 Å². The fourth-order valence-electron chi connectivity index (χ4n) is 3.24. The number of halogens is 5. The molecule has 2 N–H and O–H groups in total. The second-order valence-corrected chi connectivity index (χ2v) is 7.45. The first-order valence-electron chi connectivity index (χ1n) is 9.03. The molecule has 1 aliphatic heterocycles. The van der Waals surface area contributed by atoms with Gasteiger partial charge in [0.25, 0.3) is 17.7 Å². The first-order chi connectivity index (χ1) is 14.5. The summed E-state index contributed by atoms with van der Waals surface area (Å²) in [6.45, 7) is 0.743. The number of alkyl halides is 2. The van der Waals surface area contributed by atoms with Crippen LogP contribution in [0.15, 0.2) is 36.4 Å². The molecule has 1 aliphatic rings. The van der Waals surface area contributed by atoms with Gasteiger partial charge in [0.15, 0.2) is 11.6 Å².